The van der Waals surface area contributed by atoms with Crippen molar-refractivity contribution < 1.29 is 19.7 Å². The van der Waals surface area contributed by atoms with Gasteiger partial charge in [-0.2, -0.15) is 0 Å². The van der Waals surface area contributed by atoms with Gasteiger partial charge in [-0.05, 0) is 106 Å². The summed E-state index contributed by atoms with van der Waals surface area (Å²) >= 11 is 0. The third kappa shape index (κ3) is 8.06. The Kier molecular flexibility index (Phi) is 10.9. The highest BCUT2D eigenvalue weighted by molar-refractivity contribution is 6.05. The highest BCUT2D eigenvalue weighted by atomic mass is 16.5. The zero-order chi connectivity index (χ0) is 34.4. The lowest BCUT2D eigenvalue weighted by atomic mass is 10.0. The molecular weight excluding hydrogens is 600 g/mol. The lowest BCUT2D eigenvalue weighted by molar-refractivity contribution is 0.102. The van der Waals surface area contributed by atoms with Gasteiger partial charge in [-0.3, -0.25) is 9.78 Å². The smallest absolute Gasteiger partial charge is 0.255 e. The van der Waals surface area contributed by atoms with E-state index in [1.165, 1.54) is 34.5 Å². The van der Waals surface area contributed by atoms with Gasteiger partial charge in [0.1, 0.15) is 23.0 Å². The molecule has 1 amide bonds. The molecule has 48 heavy (non-hydrogen) atoms. The van der Waals surface area contributed by atoms with Gasteiger partial charge in [-0.25, -0.2) is 0 Å². The number of phenolic OH excluding ortho intramolecular Hbond substituents is 2. The fraction of sp³-hybridized carbons (Fsp3) is 0.300. The van der Waals surface area contributed by atoms with Gasteiger partial charge in [-0.1, -0.05) is 25.5 Å². The molecule has 0 spiro atoms. The number of aromatic hydroxyl groups is 2. The van der Waals surface area contributed by atoms with Crippen molar-refractivity contribution in [1.29, 1.82) is 0 Å². The molecule has 8 heteroatoms. The molecule has 1 atom stereocenters. The number of aryl methyl sites for hydroxylation is 1. The molecule has 0 fully saturated rings. The van der Waals surface area contributed by atoms with Crippen LogP contribution in [-0.2, 0) is 6.54 Å². The average molecular weight is 647 g/mol. The zero-order valence-electron chi connectivity index (χ0n) is 28.6. The fourth-order valence-corrected chi connectivity index (χ4v) is 6.24. The number of hydrogen-bond acceptors (Lipinski definition) is 6. The number of ether oxygens (including phenoxy) is 1. The Morgan fingerprint density at radius 2 is 1.71 bits per heavy atom. The van der Waals surface area contributed by atoms with E-state index in [0.717, 1.165) is 44.4 Å². The molecule has 2 aromatic heterocycles. The molecule has 2 heterocycles. The zero-order valence-corrected chi connectivity index (χ0v) is 28.6. The Hall–Kier alpha value is -5.08. The SMILES string of the molecule is C=C(C)CCN(CCC)CC(C)Cn1c(C)c(C)c2cc(Oc3cccc(C(=O)Nc4cc(O)c(-c5ccncc5)c(O)c4)c3)ccc21. The van der Waals surface area contributed by atoms with Crippen molar-refractivity contribution in [3.8, 4) is 34.1 Å². The lowest BCUT2D eigenvalue weighted by Crippen LogP contribution is -2.32. The first kappa shape index (κ1) is 34.3. The summed E-state index contributed by atoms with van der Waals surface area (Å²) in [6.45, 7) is 19.2. The molecule has 5 rings (SSSR count). The first-order chi connectivity index (χ1) is 23.0. The molecular formula is C40H46N4O4. The van der Waals surface area contributed by atoms with Crippen LogP contribution in [0.5, 0.6) is 23.0 Å². The van der Waals surface area contributed by atoms with Crippen molar-refractivity contribution in [2.75, 3.05) is 25.0 Å². The number of fused-ring (bicyclic) bond motifs is 1. The van der Waals surface area contributed by atoms with E-state index in [2.05, 4.69) is 73.1 Å². The van der Waals surface area contributed by atoms with E-state index in [9.17, 15) is 15.0 Å². The first-order valence-corrected chi connectivity index (χ1v) is 16.6. The van der Waals surface area contributed by atoms with Crippen molar-refractivity contribution in [1.82, 2.24) is 14.5 Å². The number of phenols is 2. The van der Waals surface area contributed by atoms with E-state index < -0.39 is 5.91 Å². The third-order valence-electron chi connectivity index (χ3n) is 8.72. The Labute approximate surface area is 283 Å². The maximum atomic E-state index is 13.2. The molecule has 0 aliphatic heterocycles. The van der Waals surface area contributed by atoms with Gasteiger partial charge < -0.3 is 29.7 Å². The van der Waals surface area contributed by atoms with Crippen LogP contribution in [0.15, 0.2) is 91.3 Å². The molecule has 0 bridgehead atoms. The number of nitrogens with one attached hydrogen (secondary N) is 1. The number of carbonyl (C=O) groups excluding carboxylic acids is 1. The Morgan fingerprint density at radius 3 is 2.40 bits per heavy atom. The summed E-state index contributed by atoms with van der Waals surface area (Å²) in [4.78, 5) is 19.7. The van der Waals surface area contributed by atoms with E-state index in [4.69, 9.17) is 4.74 Å². The number of carbonyl (C=O) groups is 1. The van der Waals surface area contributed by atoms with Crippen molar-refractivity contribution in [2.24, 2.45) is 5.92 Å². The number of aromatic nitrogens is 2. The van der Waals surface area contributed by atoms with Gasteiger partial charge in [0.05, 0.1) is 5.56 Å². The standard InChI is InChI=1S/C40H46N4O4/c1-7-18-43(19-15-26(2)3)24-27(4)25-44-29(6)28(5)35-23-34(11-12-36(35)44)48-33-10-8-9-31(20-33)40(47)42-32-21-37(45)39(38(46)22-32)30-13-16-41-17-14-30/h8-14,16-17,20-23,27,45-46H,2,7,15,18-19,24-25H2,1,3-6H3,(H,42,47). The van der Waals surface area contributed by atoms with Gasteiger partial charge in [0, 0.05) is 72.0 Å². The molecule has 250 valence electrons. The second-order valence-electron chi connectivity index (χ2n) is 12.8. The summed E-state index contributed by atoms with van der Waals surface area (Å²) in [5, 5.41) is 25.1. The summed E-state index contributed by atoms with van der Waals surface area (Å²) in [6.07, 6.45) is 5.32. The number of anilines is 1. The molecule has 0 aliphatic carbocycles. The molecule has 3 N–H and O–H groups in total. The number of amides is 1. The van der Waals surface area contributed by atoms with Crippen molar-refractivity contribution >= 4 is 22.5 Å². The average Bonchev–Trinajstić information content (AvgIpc) is 3.28. The van der Waals surface area contributed by atoms with Crippen molar-refractivity contribution in [2.45, 2.75) is 54.0 Å². The number of rotatable bonds is 14. The molecule has 1 unspecified atom stereocenters. The fourth-order valence-electron chi connectivity index (χ4n) is 6.24. The Balaban J connectivity index is 1.28. The van der Waals surface area contributed by atoms with E-state index in [0.29, 0.717) is 28.5 Å². The highest BCUT2D eigenvalue weighted by Gasteiger charge is 2.18. The van der Waals surface area contributed by atoms with Crippen LogP contribution in [0.3, 0.4) is 0 Å². The van der Waals surface area contributed by atoms with Crippen LogP contribution in [0.4, 0.5) is 5.69 Å². The van der Waals surface area contributed by atoms with Gasteiger partial charge in [0.2, 0.25) is 0 Å². The maximum Gasteiger partial charge on any atom is 0.255 e. The third-order valence-corrected chi connectivity index (χ3v) is 8.72. The monoisotopic (exact) mass is 646 g/mol. The Bertz CT molecular complexity index is 1890. The van der Waals surface area contributed by atoms with Crippen LogP contribution in [-0.4, -0.2) is 50.2 Å². The van der Waals surface area contributed by atoms with Gasteiger partial charge in [0.15, 0.2) is 0 Å². The van der Waals surface area contributed by atoms with Gasteiger partial charge in [-0.15, -0.1) is 6.58 Å². The molecule has 0 saturated heterocycles. The van der Waals surface area contributed by atoms with Crippen LogP contribution in [0.25, 0.3) is 22.0 Å². The minimum absolute atomic E-state index is 0.158. The van der Waals surface area contributed by atoms with Crippen LogP contribution in [0.2, 0.25) is 0 Å². The summed E-state index contributed by atoms with van der Waals surface area (Å²) < 4.78 is 8.68. The largest absolute Gasteiger partial charge is 0.507 e. The van der Waals surface area contributed by atoms with Gasteiger partial charge >= 0.3 is 0 Å². The summed E-state index contributed by atoms with van der Waals surface area (Å²) in [6, 6.07) is 19.3. The summed E-state index contributed by atoms with van der Waals surface area (Å²) in [5.74, 6) is 0.969. The second kappa shape index (κ2) is 15.2. The molecule has 8 nitrogen and oxygen atoms in total. The quantitative estimate of drug-likeness (QED) is 0.104. The normalized spacial score (nSPS) is 12.0. The lowest BCUT2D eigenvalue weighted by Gasteiger charge is -2.26. The van der Waals surface area contributed by atoms with Crippen molar-refractivity contribution in [3.63, 3.8) is 0 Å². The first-order valence-electron chi connectivity index (χ1n) is 16.6. The molecule has 0 radical (unpaired) electrons. The summed E-state index contributed by atoms with van der Waals surface area (Å²) in [5.41, 5.74) is 6.41. The van der Waals surface area contributed by atoms with Crippen molar-refractivity contribution in [3.05, 3.63) is 108 Å². The van der Waals surface area contributed by atoms with E-state index >= 15 is 0 Å². The van der Waals surface area contributed by atoms with Crippen LogP contribution >= 0.6 is 0 Å². The minimum atomic E-state index is -0.402. The molecule has 3 aromatic carbocycles. The van der Waals surface area contributed by atoms with Crippen LogP contribution in [0, 0.1) is 19.8 Å². The van der Waals surface area contributed by atoms with Crippen LogP contribution < -0.4 is 10.1 Å². The minimum Gasteiger partial charge on any atom is -0.507 e. The van der Waals surface area contributed by atoms with E-state index in [1.807, 2.05) is 12.1 Å². The Morgan fingerprint density at radius 1 is 1.00 bits per heavy atom. The predicted molar refractivity (Wildman–Crippen MR) is 194 cm³/mol. The van der Waals surface area contributed by atoms with Crippen LogP contribution in [0.1, 0.15) is 55.2 Å². The van der Waals surface area contributed by atoms with Gasteiger partial charge in [0.25, 0.3) is 5.91 Å². The highest BCUT2D eigenvalue weighted by Crippen LogP contribution is 2.39. The number of pyridine rings is 1. The topological polar surface area (TPSA) is 99.9 Å². The number of hydrogen-bond donors (Lipinski definition) is 3. The molecule has 5 aromatic rings. The number of benzene rings is 3. The molecule has 0 saturated carbocycles. The summed E-state index contributed by atoms with van der Waals surface area (Å²) in [7, 11) is 0. The maximum absolute atomic E-state index is 13.2. The van der Waals surface area contributed by atoms with E-state index in [-0.39, 0.29) is 22.7 Å². The molecule has 0 aliphatic rings. The van der Waals surface area contributed by atoms with E-state index in [1.54, 1.807) is 42.7 Å². The second-order valence-corrected chi connectivity index (χ2v) is 12.8. The number of nitrogens with zero attached hydrogens (tertiary/aromatic N) is 3. The predicted octanol–water partition coefficient (Wildman–Crippen LogP) is 9.09.